The quantitative estimate of drug-likeness (QED) is 0.894. The van der Waals surface area contributed by atoms with E-state index >= 15 is 0 Å². The van der Waals surface area contributed by atoms with Crippen molar-refractivity contribution < 1.29 is 9.53 Å². The molecular formula is C21H27N3O3. The van der Waals surface area contributed by atoms with Crippen LogP contribution in [0, 0.1) is 0 Å². The van der Waals surface area contributed by atoms with Crippen molar-refractivity contribution in [2.45, 2.75) is 37.8 Å². The van der Waals surface area contributed by atoms with E-state index in [4.69, 9.17) is 4.74 Å². The molecule has 1 atom stereocenters. The lowest BCUT2D eigenvalue weighted by molar-refractivity contribution is 0.0612. The molecule has 3 heterocycles. The molecule has 2 fully saturated rings. The molecule has 2 saturated heterocycles. The van der Waals surface area contributed by atoms with Gasteiger partial charge in [-0.15, -0.1) is 0 Å². The molecule has 1 aromatic heterocycles. The zero-order chi connectivity index (χ0) is 18.8. The summed E-state index contributed by atoms with van der Waals surface area (Å²) in [4.78, 5) is 27.9. The number of nitrogens with one attached hydrogen (secondary N) is 1. The van der Waals surface area contributed by atoms with Gasteiger partial charge in [-0.3, -0.25) is 9.59 Å². The predicted molar refractivity (Wildman–Crippen MR) is 105 cm³/mol. The van der Waals surface area contributed by atoms with Crippen LogP contribution in [-0.2, 0) is 11.8 Å². The van der Waals surface area contributed by atoms with Crippen LogP contribution in [0.25, 0.3) is 10.9 Å². The number of para-hydroxylation sites is 1. The van der Waals surface area contributed by atoms with E-state index < -0.39 is 0 Å². The molecule has 1 N–H and O–H groups in total. The molecular weight excluding hydrogens is 342 g/mol. The van der Waals surface area contributed by atoms with Gasteiger partial charge in [0.25, 0.3) is 5.91 Å². The third-order valence-corrected chi connectivity index (χ3v) is 5.75. The number of piperidine rings is 1. The van der Waals surface area contributed by atoms with E-state index in [-0.39, 0.29) is 22.9 Å². The van der Waals surface area contributed by atoms with Crippen molar-refractivity contribution in [3.8, 4) is 0 Å². The average Bonchev–Trinajstić information content (AvgIpc) is 3.19. The van der Waals surface area contributed by atoms with Gasteiger partial charge in [-0.25, -0.2) is 0 Å². The summed E-state index contributed by atoms with van der Waals surface area (Å²) in [6.07, 6.45) is 6.15. The number of benzene rings is 1. The third kappa shape index (κ3) is 3.92. The molecule has 0 aliphatic carbocycles. The Labute approximate surface area is 159 Å². The van der Waals surface area contributed by atoms with Crippen LogP contribution in [0.5, 0.6) is 0 Å². The van der Waals surface area contributed by atoms with E-state index in [1.807, 2.05) is 29.8 Å². The van der Waals surface area contributed by atoms with Crippen LogP contribution in [0.3, 0.4) is 0 Å². The summed E-state index contributed by atoms with van der Waals surface area (Å²) in [5.74, 6) is -0.265. The lowest BCUT2D eigenvalue weighted by Crippen LogP contribution is -2.47. The van der Waals surface area contributed by atoms with Gasteiger partial charge in [0.2, 0.25) is 5.43 Å². The molecule has 2 aliphatic heterocycles. The largest absolute Gasteiger partial charge is 0.377 e. The molecule has 6 nitrogen and oxygen atoms in total. The van der Waals surface area contributed by atoms with E-state index in [1.165, 1.54) is 0 Å². The van der Waals surface area contributed by atoms with Crippen LogP contribution < -0.4 is 10.7 Å². The van der Waals surface area contributed by atoms with Crippen molar-refractivity contribution in [3.05, 3.63) is 46.2 Å². The van der Waals surface area contributed by atoms with E-state index in [1.54, 1.807) is 12.3 Å². The smallest absolute Gasteiger partial charge is 0.256 e. The topological polar surface area (TPSA) is 63.6 Å². The van der Waals surface area contributed by atoms with Crippen molar-refractivity contribution in [1.29, 1.82) is 0 Å². The van der Waals surface area contributed by atoms with Gasteiger partial charge in [0.15, 0.2) is 0 Å². The number of hydrogen-bond donors (Lipinski definition) is 1. The second kappa shape index (κ2) is 7.82. The van der Waals surface area contributed by atoms with E-state index in [2.05, 4.69) is 10.2 Å². The van der Waals surface area contributed by atoms with Gasteiger partial charge >= 0.3 is 0 Å². The molecule has 4 rings (SSSR count). The van der Waals surface area contributed by atoms with Crippen molar-refractivity contribution >= 4 is 16.8 Å². The van der Waals surface area contributed by atoms with E-state index in [9.17, 15) is 9.59 Å². The number of carbonyl (C=O) groups is 1. The summed E-state index contributed by atoms with van der Waals surface area (Å²) in [5.41, 5.74) is 0.858. The first-order valence-corrected chi connectivity index (χ1v) is 9.85. The second-order valence-electron chi connectivity index (χ2n) is 7.68. The second-order valence-corrected chi connectivity index (χ2v) is 7.68. The fraction of sp³-hybridized carbons (Fsp3) is 0.524. The van der Waals surface area contributed by atoms with Gasteiger partial charge in [0.1, 0.15) is 5.56 Å². The summed E-state index contributed by atoms with van der Waals surface area (Å²) in [6, 6.07) is 7.51. The molecule has 27 heavy (non-hydrogen) atoms. The summed E-state index contributed by atoms with van der Waals surface area (Å²) < 4.78 is 7.56. The van der Waals surface area contributed by atoms with E-state index in [0.717, 1.165) is 57.4 Å². The van der Waals surface area contributed by atoms with Crippen molar-refractivity contribution in [3.63, 3.8) is 0 Å². The van der Waals surface area contributed by atoms with E-state index in [0.29, 0.717) is 11.5 Å². The highest BCUT2D eigenvalue weighted by atomic mass is 16.5. The maximum Gasteiger partial charge on any atom is 0.256 e. The Hall–Kier alpha value is -2.18. The Morgan fingerprint density at radius 2 is 2.00 bits per heavy atom. The molecule has 2 aromatic rings. The standard InChI is InChI=1S/C21H27N3O3/c1-23-14-18(20(25)17-6-2-3-7-19(17)23)21(26)22-15-8-10-24(11-9-15)13-16-5-4-12-27-16/h2-3,6-7,14-16H,4-5,8-13H2,1H3,(H,22,26)/t16-/m1/s1. The number of ether oxygens (including phenoxy) is 1. The van der Waals surface area contributed by atoms with Crippen molar-refractivity contribution in [2.24, 2.45) is 7.05 Å². The minimum absolute atomic E-state index is 0.120. The minimum Gasteiger partial charge on any atom is -0.377 e. The molecule has 2 aliphatic rings. The van der Waals surface area contributed by atoms with Gasteiger partial charge in [0, 0.05) is 50.9 Å². The number of rotatable bonds is 4. The number of likely N-dealkylation sites (tertiary alicyclic amines) is 1. The number of carbonyl (C=O) groups excluding carboxylic acids is 1. The monoisotopic (exact) mass is 369 g/mol. The van der Waals surface area contributed by atoms with Gasteiger partial charge in [-0.2, -0.15) is 0 Å². The van der Waals surface area contributed by atoms with Crippen LogP contribution in [0.1, 0.15) is 36.0 Å². The minimum atomic E-state index is -0.265. The molecule has 144 valence electrons. The average molecular weight is 369 g/mol. The van der Waals surface area contributed by atoms with Crippen LogP contribution >= 0.6 is 0 Å². The number of hydrogen-bond acceptors (Lipinski definition) is 4. The van der Waals surface area contributed by atoms with Gasteiger partial charge in [-0.05, 0) is 37.8 Å². The maximum atomic E-state index is 12.7. The molecule has 0 unspecified atom stereocenters. The zero-order valence-corrected chi connectivity index (χ0v) is 15.8. The molecule has 6 heteroatoms. The van der Waals surface area contributed by atoms with Crippen molar-refractivity contribution in [1.82, 2.24) is 14.8 Å². The van der Waals surface area contributed by atoms with Gasteiger partial charge < -0.3 is 19.5 Å². The van der Waals surface area contributed by atoms with Gasteiger partial charge in [0.05, 0.1) is 11.6 Å². The molecule has 0 radical (unpaired) electrons. The highest BCUT2D eigenvalue weighted by molar-refractivity contribution is 5.97. The molecule has 0 saturated carbocycles. The summed E-state index contributed by atoms with van der Waals surface area (Å²) in [5, 5.41) is 3.65. The third-order valence-electron chi connectivity index (χ3n) is 5.75. The Balaban J connectivity index is 1.39. The summed E-state index contributed by atoms with van der Waals surface area (Å²) in [7, 11) is 1.86. The molecule has 1 aromatic carbocycles. The number of aryl methyl sites for hydroxylation is 1. The normalized spacial score (nSPS) is 21.6. The first-order valence-electron chi connectivity index (χ1n) is 9.85. The Bertz CT molecular complexity index is 878. The Morgan fingerprint density at radius 3 is 2.74 bits per heavy atom. The van der Waals surface area contributed by atoms with Crippen LogP contribution in [0.15, 0.2) is 35.3 Å². The highest BCUT2D eigenvalue weighted by Crippen LogP contribution is 2.17. The van der Waals surface area contributed by atoms with Crippen molar-refractivity contribution in [2.75, 3.05) is 26.2 Å². The number of aromatic nitrogens is 1. The molecule has 1 amide bonds. The lowest BCUT2D eigenvalue weighted by Gasteiger charge is -2.33. The van der Waals surface area contributed by atoms with Crippen LogP contribution in [-0.4, -0.2) is 53.8 Å². The number of amides is 1. The fourth-order valence-corrected chi connectivity index (χ4v) is 4.20. The molecule has 0 bridgehead atoms. The Kier molecular flexibility index (Phi) is 5.27. The first-order chi connectivity index (χ1) is 13.1. The lowest BCUT2D eigenvalue weighted by atomic mass is 10.0. The molecule has 0 spiro atoms. The number of fused-ring (bicyclic) bond motifs is 1. The zero-order valence-electron chi connectivity index (χ0n) is 15.8. The van der Waals surface area contributed by atoms with Crippen LogP contribution in [0.4, 0.5) is 0 Å². The SMILES string of the molecule is Cn1cc(C(=O)NC2CCN(C[C@H]3CCCO3)CC2)c(=O)c2ccccc21. The first kappa shape index (κ1) is 18.2. The summed E-state index contributed by atoms with van der Waals surface area (Å²) in [6.45, 7) is 3.80. The number of pyridine rings is 1. The van der Waals surface area contributed by atoms with Gasteiger partial charge in [-0.1, -0.05) is 12.1 Å². The fourth-order valence-electron chi connectivity index (χ4n) is 4.20. The predicted octanol–water partition coefficient (Wildman–Crippen LogP) is 1.91. The summed E-state index contributed by atoms with van der Waals surface area (Å²) >= 11 is 0. The van der Waals surface area contributed by atoms with Crippen LogP contribution in [0.2, 0.25) is 0 Å². The maximum absolute atomic E-state index is 12.7. The highest BCUT2D eigenvalue weighted by Gasteiger charge is 2.25. The Morgan fingerprint density at radius 1 is 1.22 bits per heavy atom. The number of nitrogens with zero attached hydrogens (tertiary/aromatic N) is 2.